The number of amides is 2. The first-order valence-corrected chi connectivity index (χ1v) is 6.71. The van der Waals surface area contributed by atoms with Gasteiger partial charge in [0.1, 0.15) is 0 Å². The number of carbonyl (C=O) groups is 2. The Morgan fingerprint density at radius 2 is 2.33 bits per heavy atom. The number of thiazole rings is 1. The lowest BCUT2D eigenvalue weighted by Gasteiger charge is -2.03. The van der Waals surface area contributed by atoms with Gasteiger partial charge in [0.25, 0.3) is 0 Å². The van der Waals surface area contributed by atoms with Gasteiger partial charge in [0.05, 0.1) is 17.1 Å². The van der Waals surface area contributed by atoms with Crippen LogP contribution in [0.1, 0.15) is 17.1 Å². The van der Waals surface area contributed by atoms with Gasteiger partial charge < -0.3 is 16.4 Å². The highest BCUT2D eigenvalue weighted by Crippen LogP contribution is 2.10. The first kappa shape index (κ1) is 14.6. The van der Waals surface area contributed by atoms with Gasteiger partial charge in [-0.1, -0.05) is 0 Å². The van der Waals surface area contributed by atoms with Crippen molar-refractivity contribution in [1.29, 1.82) is 0 Å². The van der Waals surface area contributed by atoms with Crippen molar-refractivity contribution in [3.05, 3.63) is 16.1 Å². The molecule has 0 radical (unpaired) electrons. The Labute approximate surface area is 110 Å². The summed E-state index contributed by atoms with van der Waals surface area (Å²) >= 11 is 1.53. The summed E-state index contributed by atoms with van der Waals surface area (Å²) in [6.07, 6.45) is 2.42. The molecule has 1 heterocycles. The van der Waals surface area contributed by atoms with E-state index in [0.717, 1.165) is 23.5 Å². The van der Waals surface area contributed by atoms with Crippen LogP contribution in [0.25, 0.3) is 0 Å². The van der Waals surface area contributed by atoms with Crippen LogP contribution in [-0.4, -0.2) is 36.9 Å². The number of hydrogen-bond acceptors (Lipinski definition) is 5. The third-order valence-electron chi connectivity index (χ3n) is 2.20. The third-order valence-corrected chi connectivity index (χ3v) is 3.16. The molecule has 0 saturated carbocycles. The average molecular weight is 270 g/mol. The average Bonchev–Trinajstić information content (AvgIpc) is 2.77. The van der Waals surface area contributed by atoms with Gasteiger partial charge in [-0.15, -0.1) is 11.3 Å². The standard InChI is InChI=1S/C11H18N4O2S/c12-3-2-11-15-9(7-18-11)6-10(17)14-5-1-4-13-8-16/h7-8H,1-6,12H2,(H,13,16)(H,14,17). The van der Waals surface area contributed by atoms with Crippen LogP contribution in [0.5, 0.6) is 0 Å². The minimum Gasteiger partial charge on any atom is -0.359 e. The summed E-state index contributed by atoms with van der Waals surface area (Å²) in [5.74, 6) is -0.0503. The van der Waals surface area contributed by atoms with Crippen molar-refractivity contribution in [3.8, 4) is 0 Å². The molecule has 2 amide bonds. The first-order chi connectivity index (χ1) is 8.76. The van der Waals surface area contributed by atoms with E-state index in [1.54, 1.807) is 0 Å². The third kappa shape index (κ3) is 5.74. The molecule has 1 aromatic heterocycles. The quantitative estimate of drug-likeness (QED) is 0.414. The van der Waals surface area contributed by atoms with Crippen molar-refractivity contribution in [2.45, 2.75) is 19.3 Å². The molecule has 0 spiro atoms. The largest absolute Gasteiger partial charge is 0.359 e. The van der Waals surface area contributed by atoms with E-state index in [9.17, 15) is 9.59 Å². The lowest BCUT2D eigenvalue weighted by atomic mass is 10.3. The summed E-state index contributed by atoms with van der Waals surface area (Å²) in [5.41, 5.74) is 6.22. The highest BCUT2D eigenvalue weighted by molar-refractivity contribution is 7.09. The molecular formula is C11H18N4O2S. The second kappa shape index (κ2) is 8.60. The smallest absolute Gasteiger partial charge is 0.226 e. The van der Waals surface area contributed by atoms with Gasteiger partial charge in [-0.05, 0) is 13.0 Å². The minimum absolute atomic E-state index is 0.0503. The van der Waals surface area contributed by atoms with Crippen molar-refractivity contribution in [1.82, 2.24) is 15.6 Å². The molecule has 0 aromatic carbocycles. The van der Waals surface area contributed by atoms with Crippen LogP contribution >= 0.6 is 11.3 Å². The first-order valence-electron chi connectivity index (χ1n) is 5.83. The van der Waals surface area contributed by atoms with Crippen molar-refractivity contribution >= 4 is 23.7 Å². The molecule has 7 heteroatoms. The molecule has 1 rings (SSSR count). The van der Waals surface area contributed by atoms with E-state index in [1.165, 1.54) is 11.3 Å². The van der Waals surface area contributed by atoms with Gasteiger partial charge in [0.2, 0.25) is 12.3 Å². The zero-order chi connectivity index (χ0) is 13.2. The Morgan fingerprint density at radius 1 is 1.50 bits per heavy atom. The summed E-state index contributed by atoms with van der Waals surface area (Å²) in [6, 6.07) is 0. The second-order valence-electron chi connectivity index (χ2n) is 3.72. The Morgan fingerprint density at radius 3 is 3.06 bits per heavy atom. The molecule has 100 valence electrons. The van der Waals surface area contributed by atoms with Crippen molar-refractivity contribution in [3.63, 3.8) is 0 Å². The van der Waals surface area contributed by atoms with Crippen LogP contribution in [0.15, 0.2) is 5.38 Å². The fourth-order valence-electron chi connectivity index (χ4n) is 1.37. The van der Waals surface area contributed by atoms with Crippen molar-refractivity contribution < 1.29 is 9.59 Å². The molecule has 0 saturated heterocycles. The predicted octanol–water partition coefficient (Wildman–Crippen LogP) is -0.561. The Kier molecular flexibility index (Phi) is 6.97. The van der Waals surface area contributed by atoms with Gasteiger partial charge in [-0.2, -0.15) is 0 Å². The van der Waals surface area contributed by atoms with Gasteiger partial charge >= 0.3 is 0 Å². The normalized spacial score (nSPS) is 10.1. The highest BCUT2D eigenvalue weighted by Gasteiger charge is 2.06. The summed E-state index contributed by atoms with van der Waals surface area (Å²) in [7, 11) is 0. The number of rotatable bonds is 9. The number of carbonyl (C=O) groups excluding carboxylic acids is 2. The lowest BCUT2D eigenvalue weighted by Crippen LogP contribution is -2.28. The Balaban J connectivity index is 2.20. The Hall–Kier alpha value is -1.47. The van der Waals surface area contributed by atoms with E-state index in [4.69, 9.17) is 5.73 Å². The zero-order valence-electron chi connectivity index (χ0n) is 10.1. The fourth-order valence-corrected chi connectivity index (χ4v) is 2.19. The SMILES string of the molecule is NCCc1nc(CC(=O)NCCCNC=O)cs1. The van der Waals surface area contributed by atoms with Gasteiger partial charge in [0, 0.05) is 24.9 Å². The van der Waals surface area contributed by atoms with E-state index >= 15 is 0 Å². The van der Waals surface area contributed by atoms with E-state index in [1.807, 2.05) is 5.38 Å². The molecule has 0 unspecified atom stereocenters. The summed E-state index contributed by atoms with van der Waals surface area (Å²) in [6.45, 7) is 1.70. The number of nitrogens with zero attached hydrogens (tertiary/aromatic N) is 1. The lowest BCUT2D eigenvalue weighted by molar-refractivity contribution is -0.120. The number of hydrogen-bond donors (Lipinski definition) is 3. The van der Waals surface area contributed by atoms with Crippen LogP contribution < -0.4 is 16.4 Å². The molecule has 6 nitrogen and oxygen atoms in total. The van der Waals surface area contributed by atoms with Crippen molar-refractivity contribution in [2.24, 2.45) is 5.73 Å². The van der Waals surface area contributed by atoms with Gasteiger partial charge in [-0.3, -0.25) is 9.59 Å². The van der Waals surface area contributed by atoms with Crippen LogP contribution in [0.2, 0.25) is 0 Å². The van der Waals surface area contributed by atoms with E-state index < -0.39 is 0 Å². The molecule has 0 atom stereocenters. The maximum absolute atomic E-state index is 11.6. The molecule has 0 aliphatic carbocycles. The number of aromatic nitrogens is 1. The molecule has 0 fully saturated rings. The molecular weight excluding hydrogens is 252 g/mol. The zero-order valence-corrected chi connectivity index (χ0v) is 11.0. The summed E-state index contributed by atoms with van der Waals surface area (Å²) in [4.78, 5) is 25.9. The minimum atomic E-state index is -0.0503. The van der Waals surface area contributed by atoms with E-state index in [2.05, 4.69) is 15.6 Å². The summed E-state index contributed by atoms with van der Waals surface area (Å²) in [5, 5.41) is 8.17. The molecule has 18 heavy (non-hydrogen) atoms. The van der Waals surface area contributed by atoms with Crippen LogP contribution in [0, 0.1) is 0 Å². The Bertz CT molecular complexity index is 381. The molecule has 4 N–H and O–H groups in total. The molecule has 0 bridgehead atoms. The van der Waals surface area contributed by atoms with Crippen molar-refractivity contribution in [2.75, 3.05) is 19.6 Å². The van der Waals surface area contributed by atoms with Crippen LogP contribution in [0.3, 0.4) is 0 Å². The highest BCUT2D eigenvalue weighted by atomic mass is 32.1. The topological polar surface area (TPSA) is 97.1 Å². The number of nitrogens with two attached hydrogens (primary N) is 1. The summed E-state index contributed by atoms with van der Waals surface area (Å²) < 4.78 is 0. The second-order valence-corrected chi connectivity index (χ2v) is 4.67. The maximum atomic E-state index is 11.6. The van der Waals surface area contributed by atoms with E-state index in [0.29, 0.717) is 32.5 Å². The van der Waals surface area contributed by atoms with Gasteiger partial charge in [-0.25, -0.2) is 4.98 Å². The van der Waals surface area contributed by atoms with Crippen LogP contribution in [-0.2, 0) is 22.4 Å². The fraction of sp³-hybridized carbons (Fsp3) is 0.545. The predicted molar refractivity (Wildman–Crippen MR) is 70.3 cm³/mol. The monoisotopic (exact) mass is 270 g/mol. The molecule has 1 aromatic rings. The maximum Gasteiger partial charge on any atom is 0.226 e. The van der Waals surface area contributed by atoms with E-state index in [-0.39, 0.29) is 5.91 Å². The molecule has 0 aliphatic heterocycles. The van der Waals surface area contributed by atoms with Crippen LogP contribution in [0.4, 0.5) is 0 Å². The number of nitrogens with one attached hydrogen (secondary N) is 2. The molecule has 0 aliphatic rings. The van der Waals surface area contributed by atoms with Gasteiger partial charge in [0.15, 0.2) is 0 Å².